The van der Waals surface area contributed by atoms with Crippen molar-refractivity contribution in [1.29, 1.82) is 0 Å². The molecule has 0 unspecified atom stereocenters. The van der Waals surface area contributed by atoms with Crippen molar-refractivity contribution < 1.29 is 4.79 Å². The lowest BCUT2D eigenvalue weighted by Crippen LogP contribution is -2.35. The van der Waals surface area contributed by atoms with Gasteiger partial charge in [0.05, 0.1) is 0 Å². The van der Waals surface area contributed by atoms with Gasteiger partial charge in [0.25, 0.3) is 0 Å². The van der Waals surface area contributed by atoms with Gasteiger partial charge in [-0.2, -0.15) is 0 Å². The molecule has 2 N–H and O–H groups in total. The van der Waals surface area contributed by atoms with E-state index in [1.807, 2.05) is 38.1 Å². The van der Waals surface area contributed by atoms with Gasteiger partial charge < -0.3 is 10.6 Å². The van der Waals surface area contributed by atoms with Crippen LogP contribution in [0.2, 0.25) is 0 Å². The van der Waals surface area contributed by atoms with Gasteiger partial charge in [0, 0.05) is 15.3 Å². The van der Waals surface area contributed by atoms with Crippen molar-refractivity contribution in [3.05, 3.63) is 27.8 Å². The normalized spacial score (nSPS) is 11.9. The predicted molar refractivity (Wildman–Crippen MR) is 71.1 cm³/mol. The van der Waals surface area contributed by atoms with E-state index < -0.39 is 0 Å². The Morgan fingerprint density at radius 1 is 1.53 bits per heavy atom. The fourth-order valence-electron chi connectivity index (χ4n) is 1.06. The van der Waals surface area contributed by atoms with Crippen LogP contribution in [0, 0.1) is 3.57 Å². The summed E-state index contributed by atoms with van der Waals surface area (Å²) >= 11 is 2.21. The molecule has 0 spiro atoms. The second kappa shape index (κ2) is 5.95. The number of halogens is 1. The highest BCUT2D eigenvalue weighted by Crippen LogP contribution is 2.12. The first-order valence-electron chi connectivity index (χ1n) is 4.95. The van der Waals surface area contributed by atoms with E-state index in [2.05, 4.69) is 33.2 Å². The lowest BCUT2D eigenvalue weighted by Gasteiger charge is -2.12. The number of anilines is 1. The monoisotopic (exact) mass is 318 g/mol. The number of hydrogen-bond donors (Lipinski definition) is 2. The summed E-state index contributed by atoms with van der Waals surface area (Å²) in [5, 5.41) is 5.64. The minimum atomic E-state index is -0.147. The number of amides is 2. The highest BCUT2D eigenvalue weighted by atomic mass is 127. The maximum Gasteiger partial charge on any atom is 0.319 e. The minimum Gasteiger partial charge on any atom is -0.335 e. The van der Waals surface area contributed by atoms with Gasteiger partial charge in [-0.05, 0) is 54.1 Å². The maximum absolute atomic E-state index is 11.5. The van der Waals surface area contributed by atoms with Gasteiger partial charge in [0.1, 0.15) is 0 Å². The van der Waals surface area contributed by atoms with Gasteiger partial charge in [-0.15, -0.1) is 0 Å². The fraction of sp³-hybridized carbons (Fsp3) is 0.364. The number of nitrogens with one attached hydrogen (secondary N) is 2. The molecular weight excluding hydrogens is 303 g/mol. The topological polar surface area (TPSA) is 41.1 Å². The summed E-state index contributed by atoms with van der Waals surface area (Å²) in [6, 6.07) is 7.76. The lowest BCUT2D eigenvalue weighted by atomic mass is 10.3. The largest absolute Gasteiger partial charge is 0.335 e. The van der Waals surface area contributed by atoms with Crippen LogP contribution < -0.4 is 10.6 Å². The average Bonchev–Trinajstić information content (AvgIpc) is 2.17. The number of urea groups is 1. The first-order chi connectivity index (χ1) is 7.11. The molecule has 4 heteroatoms. The maximum atomic E-state index is 11.5. The van der Waals surface area contributed by atoms with E-state index in [1.54, 1.807) is 0 Å². The highest BCUT2D eigenvalue weighted by molar-refractivity contribution is 14.1. The molecule has 1 aromatic rings. The molecule has 0 bridgehead atoms. The van der Waals surface area contributed by atoms with Crippen LogP contribution in [0.4, 0.5) is 10.5 Å². The van der Waals surface area contributed by atoms with Crippen LogP contribution in [0.3, 0.4) is 0 Å². The summed E-state index contributed by atoms with van der Waals surface area (Å²) in [6.07, 6.45) is 0.930. The number of carbonyl (C=O) groups is 1. The van der Waals surface area contributed by atoms with Crippen LogP contribution in [0.15, 0.2) is 24.3 Å². The second-order valence-corrected chi connectivity index (χ2v) is 4.66. The lowest BCUT2D eigenvalue weighted by molar-refractivity contribution is 0.249. The summed E-state index contributed by atoms with van der Waals surface area (Å²) < 4.78 is 1.11. The van der Waals surface area contributed by atoms with E-state index >= 15 is 0 Å². The first kappa shape index (κ1) is 12.3. The Balaban J connectivity index is 2.51. The molecule has 0 fully saturated rings. The molecule has 3 nitrogen and oxygen atoms in total. The van der Waals surface area contributed by atoms with Gasteiger partial charge in [0.2, 0.25) is 0 Å². The van der Waals surface area contributed by atoms with E-state index in [4.69, 9.17) is 0 Å². The Labute approximate surface area is 104 Å². The van der Waals surface area contributed by atoms with Gasteiger partial charge in [-0.1, -0.05) is 13.0 Å². The SMILES string of the molecule is CC[C@@H](C)NC(=O)Nc1cccc(I)c1. The Hall–Kier alpha value is -0.780. The molecule has 0 saturated heterocycles. The summed E-state index contributed by atoms with van der Waals surface area (Å²) in [5.74, 6) is 0. The van der Waals surface area contributed by atoms with Crippen LogP contribution in [0.1, 0.15) is 20.3 Å². The summed E-state index contributed by atoms with van der Waals surface area (Å²) in [5.41, 5.74) is 0.822. The zero-order chi connectivity index (χ0) is 11.3. The summed E-state index contributed by atoms with van der Waals surface area (Å²) in [6.45, 7) is 4.02. The van der Waals surface area contributed by atoms with E-state index in [0.29, 0.717) is 0 Å². The van der Waals surface area contributed by atoms with Crippen molar-refractivity contribution in [2.24, 2.45) is 0 Å². The van der Waals surface area contributed by atoms with Crippen LogP contribution in [-0.4, -0.2) is 12.1 Å². The number of carbonyl (C=O) groups excluding carboxylic acids is 1. The van der Waals surface area contributed by atoms with Gasteiger partial charge in [0.15, 0.2) is 0 Å². The molecule has 0 radical (unpaired) electrons. The number of hydrogen-bond acceptors (Lipinski definition) is 1. The molecular formula is C11H15IN2O. The Morgan fingerprint density at radius 3 is 2.87 bits per heavy atom. The van der Waals surface area contributed by atoms with Crippen molar-refractivity contribution in [3.8, 4) is 0 Å². The van der Waals surface area contributed by atoms with Crippen LogP contribution in [-0.2, 0) is 0 Å². The zero-order valence-electron chi connectivity index (χ0n) is 8.88. The molecule has 0 aliphatic carbocycles. The van der Waals surface area contributed by atoms with Crippen molar-refractivity contribution >= 4 is 34.3 Å². The smallest absolute Gasteiger partial charge is 0.319 e. The Bertz CT molecular complexity index is 341. The summed E-state index contributed by atoms with van der Waals surface area (Å²) in [7, 11) is 0. The van der Waals surface area contributed by atoms with E-state index in [-0.39, 0.29) is 12.1 Å². The van der Waals surface area contributed by atoms with Crippen LogP contribution >= 0.6 is 22.6 Å². The van der Waals surface area contributed by atoms with Crippen LogP contribution in [0.5, 0.6) is 0 Å². The van der Waals surface area contributed by atoms with Gasteiger partial charge >= 0.3 is 6.03 Å². The molecule has 82 valence electrons. The quantitative estimate of drug-likeness (QED) is 0.826. The third kappa shape index (κ3) is 4.51. The Morgan fingerprint density at radius 2 is 2.27 bits per heavy atom. The average molecular weight is 318 g/mol. The van der Waals surface area contributed by atoms with Crippen molar-refractivity contribution in [2.75, 3.05) is 5.32 Å². The molecule has 0 aromatic heterocycles. The second-order valence-electron chi connectivity index (χ2n) is 3.42. The standard InChI is InChI=1S/C11H15IN2O/c1-3-8(2)13-11(15)14-10-6-4-5-9(12)7-10/h4-8H,3H2,1-2H3,(H2,13,14,15)/t8-/m1/s1. The van der Waals surface area contributed by atoms with Crippen LogP contribution in [0.25, 0.3) is 0 Å². The third-order valence-electron chi connectivity index (χ3n) is 2.07. The van der Waals surface area contributed by atoms with Crippen molar-refractivity contribution in [2.45, 2.75) is 26.3 Å². The fourth-order valence-corrected chi connectivity index (χ4v) is 1.60. The summed E-state index contributed by atoms with van der Waals surface area (Å²) in [4.78, 5) is 11.5. The van der Waals surface area contributed by atoms with Gasteiger partial charge in [-0.3, -0.25) is 0 Å². The minimum absolute atomic E-state index is 0.147. The van der Waals surface area contributed by atoms with Crippen molar-refractivity contribution in [3.63, 3.8) is 0 Å². The molecule has 2 amide bonds. The molecule has 0 heterocycles. The van der Waals surface area contributed by atoms with Crippen molar-refractivity contribution in [1.82, 2.24) is 5.32 Å². The Kier molecular flexibility index (Phi) is 4.87. The first-order valence-corrected chi connectivity index (χ1v) is 6.02. The number of rotatable bonds is 3. The molecule has 15 heavy (non-hydrogen) atoms. The molecule has 0 aliphatic rings. The highest BCUT2D eigenvalue weighted by Gasteiger charge is 2.04. The molecule has 0 saturated carbocycles. The zero-order valence-corrected chi connectivity index (χ0v) is 11.0. The third-order valence-corrected chi connectivity index (χ3v) is 2.74. The number of benzene rings is 1. The van der Waals surface area contributed by atoms with E-state index in [9.17, 15) is 4.79 Å². The van der Waals surface area contributed by atoms with E-state index in [0.717, 1.165) is 15.7 Å². The molecule has 1 aromatic carbocycles. The van der Waals surface area contributed by atoms with Gasteiger partial charge in [-0.25, -0.2) is 4.79 Å². The molecule has 1 rings (SSSR count). The molecule has 0 aliphatic heterocycles. The van der Waals surface area contributed by atoms with E-state index in [1.165, 1.54) is 0 Å². The molecule has 1 atom stereocenters. The predicted octanol–water partition coefficient (Wildman–Crippen LogP) is 3.21.